The van der Waals surface area contributed by atoms with Gasteiger partial charge in [-0.2, -0.15) is 0 Å². The number of quaternary nitrogens is 1. The van der Waals surface area contributed by atoms with Crippen LogP contribution >= 0.6 is 7.82 Å². The molecule has 0 aromatic heterocycles. The van der Waals surface area contributed by atoms with Gasteiger partial charge in [0.15, 0.2) is 0 Å². The first-order valence-electron chi connectivity index (χ1n) is 26.6. The molecule has 0 aromatic carbocycles. The lowest BCUT2D eigenvalue weighted by Gasteiger charge is -2.25. The van der Waals surface area contributed by atoms with Crippen LogP contribution in [0.15, 0.2) is 97.2 Å². The summed E-state index contributed by atoms with van der Waals surface area (Å²) in [5.74, 6) is -0.201. The van der Waals surface area contributed by atoms with Gasteiger partial charge >= 0.3 is 7.82 Å². The van der Waals surface area contributed by atoms with E-state index in [2.05, 4.69) is 104 Å². The van der Waals surface area contributed by atoms with Crippen LogP contribution in [-0.4, -0.2) is 73.4 Å². The average molecular weight is 942 g/mol. The summed E-state index contributed by atoms with van der Waals surface area (Å²) in [6.07, 6.45) is 67.8. The summed E-state index contributed by atoms with van der Waals surface area (Å²) in [4.78, 5) is 23.2. The summed E-state index contributed by atoms with van der Waals surface area (Å²) < 4.78 is 23.6. The van der Waals surface area contributed by atoms with Gasteiger partial charge in [0.1, 0.15) is 13.2 Å². The zero-order valence-corrected chi connectivity index (χ0v) is 44.0. The van der Waals surface area contributed by atoms with Crippen LogP contribution < -0.4 is 5.32 Å². The van der Waals surface area contributed by atoms with Crippen LogP contribution in [0.4, 0.5) is 0 Å². The van der Waals surface area contributed by atoms with Gasteiger partial charge in [-0.3, -0.25) is 13.8 Å². The molecular formula is C57H102N2O6P+. The number of rotatable bonds is 47. The van der Waals surface area contributed by atoms with Gasteiger partial charge in [0.05, 0.1) is 39.9 Å². The van der Waals surface area contributed by atoms with Crippen molar-refractivity contribution in [3.05, 3.63) is 97.2 Å². The lowest BCUT2D eigenvalue weighted by atomic mass is 10.1. The standard InChI is InChI=1S/C57H101N2O6P/c1-6-8-10-12-14-16-18-20-22-24-26-27-28-29-30-31-33-35-37-39-41-43-45-47-49-51-57(61)58-55(54-65-66(62,63)64-53-52-59(3,4)5)56(60)50-48-46-44-42-40-38-36-34-32-25-23-21-19-17-15-13-11-9-7-2/h8,10,14,16,20,22,26-27,29-30,32,34,40,42,48,50,55-56,60H,6-7,9,11-13,15,17-19,21,23-25,28,31,33,35-39,41,43-47,49,51-54H2,1-5H3,(H-,58,61,62,63)/p+1/b10-8-,16-14-,22-20-,27-26-,30-29-,34-32+,42-40+,50-48+. The molecule has 3 unspecified atom stereocenters. The van der Waals surface area contributed by atoms with Crippen LogP contribution in [0.2, 0.25) is 0 Å². The maximum absolute atomic E-state index is 13.0. The molecular weight excluding hydrogens is 840 g/mol. The minimum Gasteiger partial charge on any atom is -0.387 e. The van der Waals surface area contributed by atoms with Gasteiger partial charge in [-0.15, -0.1) is 0 Å². The summed E-state index contributed by atoms with van der Waals surface area (Å²) in [5.41, 5.74) is 0. The van der Waals surface area contributed by atoms with Gasteiger partial charge in [-0.25, -0.2) is 4.57 Å². The zero-order valence-electron chi connectivity index (χ0n) is 43.1. The third-order valence-electron chi connectivity index (χ3n) is 11.3. The number of allylic oxidation sites excluding steroid dienone is 15. The number of carbonyl (C=O) groups is 1. The number of amides is 1. The number of likely N-dealkylation sites (N-methyl/N-ethyl adjacent to an activating group) is 1. The molecule has 0 aliphatic rings. The number of nitrogens with zero attached hydrogens (tertiary/aromatic N) is 1. The molecule has 3 atom stereocenters. The topological polar surface area (TPSA) is 105 Å². The Morgan fingerprint density at radius 2 is 0.924 bits per heavy atom. The third-order valence-corrected chi connectivity index (χ3v) is 12.2. The van der Waals surface area contributed by atoms with Gasteiger partial charge < -0.3 is 19.8 Å². The largest absolute Gasteiger partial charge is 0.472 e. The summed E-state index contributed by atoms with van der Waals surface area (Å²) in [6, 6.07) is -0.880. The van der Waals surface area contributed by atoms with Gasteiger partial charge in [0.25, 0.3) is 0 Å². The predicted octanol–water partition coefficient (Wildman–Crippen LogP) is 15.9. The van der Waals surface area contributed by atoms with Crippen LogP contribution in [-0.2, 0) is 18.4 Å². The Hall–Kier alpha value is -2.58. The molecule has 0 rings (SSSR count). The molecule has 3 N–H and O–H groups in total. The first-order valence-corrected chi connectivity index (χ1v) is 28.1. The molecule has 0 heterocycles. The van der Waals surface area contributed by atoms with Gasteiger partial charge in [0, 0.05) is 6.42 Å². The SMILES string of the molecule is CC/C=C\C/C=C\C/C=C\C/C=C\C/C=C\CCCCCCCCCCCC(=O)NC(COP(=O)(O)OCC[N+](C)(C)C)C(O)/C=C/CC/C=C/CC/C=C/CCCCCCCCCCC. The van der Waals surface area contributed by atoms with Crippen molar-refractivity contribution in [1.29, 1.82) is 0 Å². The van der Waals surface area contributed by atoms with E-state index in [4.69, 9.17) is 9.05 Å². The number of phosphoric acid groups is 1. The fraction of sp³-hybridized carbons (Fsp3) is 0.702. The van der Waals surface area contributed by atoms with E-state index in [1.54, 1.807) is 6.08 Å². The maximum atomic E-state index is 13.0. The van der Waals surface area contributed by atoms with E-state index in [1.165, 1.54) is 103 Å². The van der Waals surface area contributed by atoms with Crippen molar-refractivity contribution in [2.24, 2.45) is 0 Å². The summed E-state index contributed by atoms with van der Waals surface area (Å²) in [5, 5.41) is 13.9. The molecule has 1 amide bonds. The number of phosphoric ester groups is 1. The number of carbonyl (C=O) groups excluding carboxylic acids is 1. The predicted molar refractivity (Wildman–Crippen MR) is 286 cm³/mol. The van der Waals surface area contributed by atoms with E-state index in [0.29, 0.717) is 17.4 Å². The van der Waals surface area contributed by atoms with E-state index < -0.39 is 20.0 Å². The number of aliphatic hydroxyl groups excluding tert-OH is 1. The third kappa shape index (κ3) is 49.3. The molecule has 0 saturated heterocycles. The van der Waals surface area contributed by atoms with Crippen molar-refractivity contribution in [1.82, 2.24) is 5.32 Å². The highest BCUT2D eigenvalue weighted by atomic mass is 31.2. The quantitative estimate of drug-likeness (QED) is 0.0243. The normalized spacial score (nSPS) is 14.8. The smallest absolute Gasteiger partial charge is 0.387 e. The lowest BCUT2D eigenvalue weighted by Crippen LogP contribution is -2.45. The molecule has 0 aromatic rings. The highest BCUT2D eigenvalue weighted by Crippen LogP contribution is 2.43. The Labute approximate surface area is 407 Å². The molecule has 0 spiro atoms. The molecule has 8 nitrogen and oxygen atoms in total. The number of aliphatic hydroxyl groups is 1. The molecule has 9 heteroatoms. The van der Waals surface area contributed by atoms with Gasteiger partial charge in [0.2, 0.25) is 5.91 Å². The fourth-order valence-corrected chi connectivity index (χ4v) is 7.83. The van der Waals surface area contributed by atoms with E-state index in [9.17, 15) is 19.4 Å². The average Bonchev–Trinajstić information content (AvgIpc) is 3.28. The minimum atomic E-state index is -4.36. The van der Waals surface area contributed by atoms with Crippen LogP contribution in [0.3, 0.4) is 0 Å². The number of unbranched alkanes of at least 4 members (excludes halogenated alkanes) is 20. The van der Waals surface area contributed by atoms with E-state index in [0.717, 1.165) is 83.5 Å². The Morgan fingerprint density at radius 3 is 1.39 bits per heavy atom. The molecule has 0 aliphatic carbocycles. The molecule has 0 saturated carbocycles. The number of hydrogen-bond acceptors (Lipinski definition) is 5. The summed E-state index contributed by atoms with van der Waals surface area (Å²) >= 11 is 0. The second kappa shape index (κ2) is 47.5. The van der Waals surface area contributed by atoms with Crippen molar-refractivity contribution >= 4 is 13.7 Å². The van der Waals surface area contributed by atoms with Crippen LogP contribution in [0.1, 0.15) is 206 Å². The van der Waals surface area contributed by atoms with Crippen LogP contribution in [0, 0.1) is 0 Å². The molecule has 66 heavy (non-hydrogen) atoms. The van der Waals surface area contributed by atoms with Crippen molar-refractivity contribution in [3.8, 4) is 0 Å². The molecule has 0 aliphatic heterocycles. The Balaban J connectivity index is 4.37. The second-order valence-electron chi connectivity index (χ2n) is 18.8. The highest BCUT2D eigenvalue weighted by molar-refractivity contribution is 7.47. The maximum Gasteiger partial charge on any atom is 0.472 e. The van der Waals surface area contributed by atoms with Crippen LogP contribution in [0.25, 0.3) is 0 Å². The van der Waals surface area contributed by atoms with Crippen molar-refractivity contribution in [2.45, 2.75) is 219 Å². The van der Waals surface area contributed by atoms with Crippen molar-refractivity contribution in [2.75, 3.05) is 40.9 Å². The van der Waals surface area contributed by atoms with Gasteiger partial charge in [-0.1, -0.05) is 207 Å². The lowest BCUT2D eigenvalue weighted by molar-refractivity contribution is -0.870. The fourth-order valence-electron chi connectivity index (χ4n) is 7.10. The molecule has 0 fully saturated rings. The van der Waals surface area contributed by atoms with Crippen LogP contribution in [0.5, 0.6) is 0 Å². The van der Waals surface area contributed by atoms with Crippen molar-refractivity contribution < 1.29 is 32.9 Å². The van der Waals surface area contributed by atoms with E-state index >= 15 is 0 Å². The van der Waals surface area contributed by atoms with Crippen molar-refractivity contribution in [3.63, 3.8) is 0 Å². The zero-order chi connectivity index (χ0) is 48.5. The Morgan fingerprint density at radius 1 is 0.530 bits per heavy atom. The second-order valence-corrected chi connectivity index (χ2v) is 20.3. The monoisotopic (exact) mass is 942 g/mol. The first kappa shape index (κ1) is 63.4. The minimum absolute atomic E-state index is 0.0474. The summed E-state index contributed by atoms with van der Waals surface area (Å²) in [6.45, 7) is 4.66. The highest BCUT2D eigenvalue weighted by Gasteiger charge is 2.27. The first-order chi connectivity index (χ1) is 32.0. The number of hydrogen-bond donors (Lipinski definition) is 3. The van der Waals surface area contributed by atoms with E-state index in [-0.39, 0.29) is 19.1 Å². The Kier molecular flexibility index (Phi) is 45.6. The molecule has 0 bridgehead atoms. The van der Waals surface area contributed by atoms with E-state index in [1.807, 2.05) is 27.2 Å². The van der Waals surface area contributed by atoms with Gasteiger partial charge in [-0.05, 0) is 89.9 Å². The Bertz CT molecular complexity index is 1390. The molecule has 0 radical (unpaired) electrons. The summed E-state index contributed by atoms with van der Waals surface area (Å²) in [7, 11) is 1.53. The number of nitrogens with one attached hydrogen (secondary N) is 1. The molecule has 380 valence electrons.